The SMILES string of the molecule is C[C@H](NC(=O)[C@H](O)c1cc(F)cc(F)c1)C(=O)N[C@H]1CC(c2ccccc2)=CCN(C)C1=O. The maximum absolute atomic E-state index is 13.4. The van der Waals surface area contributed by atoms with Gasteiger partial charge in [-0.3, -0.25) is 14.4 Å². The molecule has 33 heavy (non-hydrogen) atoms. The second-order valence-electron chi connectivity index (χ2n) is 7.92. The molecule has 1 aliphatic rings. The van der Waals surface area contributed by atoms with Crippen molar-refractivity contribution in [3.63, 3.8) is 0 Å². The van der Waals surface area contributed by atoms with Gasteiger partial charge >= 0.3 is 0 Å². The van der Waals surface area contributed by atoms with Crippen molar-refractivity contribution in [3.05, 3.63) is 77.4 Å². The Bertz CT molecular complexity index is 1050. The van der Waals surface area contributed by atoms with E-state index in [1.165, 1.54) is 11.8 Å². The highest BCUT2D eigenvalue weighted by Gasteiger charge is 2.30. The Labute approximate surface area is 190 Å². The lowest BCUT2D eigenvalue weighted by atomic mass is 9.98. The number of aliphatic hydroxyl groups excluding tert-OH is 1. The summed E-state index contributed by atoms with van der Waals surface area (Å²) in [7, 11) is 1.63. The summed E-state index contributed by atoms with van der Waals surface area (Å²) in [4.78, 5) is 39.2. The van der Waals surface area contributed by atoms with E-state index in [4.69, 9.17) is 0 Å². The Morgan fingerprint density at radius 2 is 1.73 bits per heavy atom. The van der Waals surface area contributed by atoms with Crippen LogP contribution in [0.1, 0.15) is 30.6 Å². The van der Waals surface area contributed by atoms with Gasteiger partial charge in [0.15, 0.2) is 6.10 Å². The van der Waals surface area contributed by atoms with Crippen molar-refractivity contribution in [2.75, 3.05) is 13.6 Å². The van der Waals surface area contributed by atoms with Crippen LogP contribution in [-0.2, 0) is 14.4 Å². The first-order chi connectivity index (χ1) is 15.7. The third-order valence-corrected chi connectivity index (χ3v) is 5.37. The quantitative estimate of drug-likeness (QED) is 0.618. The molecule has 3 atom stereocenters. The molecule has 1 heterocycles. The number of hydrogen-bond donors (Lipinski definition) is 3. The monoisotopic (exact) mass is 457 g/mol. The Morgan fingerprint density at radius 1 is 1.09 bits per heavy atom. The number of benzene rings is 2. The standard InChI is InChI=1S/C24H25F2N3O4/c1-14(27-23(32)21(30)17-10-18(25)13-19(26)11-17)22(31)28-20-12-16(8-9-29(2)24(20)33)15-6-4-3-5-7-15/h3-8,10-11,13-14,20-21,30H,9,12H2,1-2H3,(H,27,32)(H,28,31)/t14-,20-,21+/m0/s1. The maximum Gasteiger partial charge on any atom is 0.254 e. The zero-order chi connectivity index (χ0) is 24.1. The molecule has 0 fully saturated rings. The minimum Gasteiger partial charge on any atom is -0.378 e. The van der Waals surface area contributed by atoms with Gasteiger partial charge in [0.2, 0.25) is 11.8 Å². The molecule has 0 saturated carbocycles. The molecule has 0 unspecified atom stereocenters. The molecule has 0 saturated heterocycles. The normalized spacial score (nSPS) is 18.1. The van der Waals surface area contributed by atoms with E-state index in [9.17, 15) is 28.3 Å². The summed E-state index contributed by atoms with van der Waals surface area (Å²) in [5.74, 6) is -3.81. The largest absolute Gasteiger partial charge is 0.378 e. The average molecular weight is 457 g/mol. The lowest BCUT2D eigenvalue weighted by Crippen LogP contribution is -2.53. The fourth-order valence-electron chi connectivity index (χ4n) is 3.53. The molecule has 2 aromatic carbocycles. The van der Waals surface area contributed by atoms with E-state index in [2.05, 4.69) is 10.6 Å². The predicted octanol–water partition coefficient (Wildman–Crippen LogP) is 1.93. The van der Waals surface area contributed by atoms with Gasteiger partial charge in [-0.25, -0.2) is 8.78 Å². The number of amides is 3. The van der Waals surface area contributed by atoms with Crippen molar-refractivity contribution in [3.8, 4) is 0 Å². The van der Waals surface area contributed by atoms with Gasteiger partial charge in [0.1, 0.15) is 23.7 Å². The van der Waals surface area contributed by atoms with Crippen LogP contribution in [0.4, 0.5) is 8.78 Å². The highest BCUT2D eigenvalue weighted by atomic mass is 19.1. The predicted molar refractivity (Wildman–Crippen MR) is 118 cm³/mol. The molecular weight excluding hydrogens is 432 g/mol. The lowest BCUT2D eigenvalue weighted by Gasteiger charge is -2.24. The summed E-state index contributed by atoms with van der Waals surface area (Å²) in [6.45, 7) is 1.77. The number of nitrogens with zero attached hydrogens (tertiary/aromatic N) is 1. The first kappa shape index (κ1) is 24.1. The van der Waals surface area contributed by atoms with Crippen LogP contribution < -0.4 is 10.6 Å². The molecule has 0 radical (unpaired) electrons. The highest BCUT2D eigenvalue weighted by molar-refractivity contribution is 5.94. The van der Waals surface area contributed by atoms with Crippen LogP contribution in [0, 0.1) is 11.6 Å². The van der Waals surface area contributed by atoms with Gasteiger partial charge in [0.25, 0.3) is 5.91 Å². The fraction of sp³-hybridized carbons (Fsp3) is 0.292. The van der Waals surface area contributed by atoms with Gasteiger partial charge in [-0.05, 0) is 35.8 Å². The van der Waals surface area contributed by atoms with E-state index in [0.717, 1.165) is 23.3 Å². The van der Waals surface area contributed by atoms with Gasteiger partial charge in [0, 0.05) is 26.1 Å². The third-order valence-electron chi connectivity index (χ3n) is 5.37. The van der Waals surface area contributed by atoms with Crippen LogP contribution in [0.25, 0.3) is 5.57 Å². The topological polar surface area (TPSA) is 98.7 Å². The number of hydrogen-bond acceptors (Lipinski definition) is 4. The van der Waals surface area contributed by atoms with E-state index in [0.29, 0.717) is 12.6 Å². The molecule has 3 amide bonds. The van der Waals surface area contributed by atoms with Crippen LogP contribution >= 0.6 is 0 Å². The second kappa shape index (κ2) is 10.4. The van der Waals surface area contributed by atoms with Gasteiger partial charge < -0.3 is 20.6 Å². The summed E-state index contributed by atoms with van der Waals surface area (Å²) < 4.78 is 26.7. The average Bonchev–Trinajstić information content (AvgIpc) is 2.92. The molecule has 0 aliphatic carbocycles. The number of nitrogens with one attached hydrogen (secondary N) is 2. The highest BCUT2D eigenvalue weighted by Crippen LogP contribution is 2.23. The molecule has 0 bridgehead atoms. The van der Waals surface area contributed by atoms with E-state index in [-0.39, 0.29) is 17.9 Å². The Balaban J connectivity index is 1.66. The lowest BCUT2D eigenvalue weighted by molar-refractivity contribution is -0.136. The summed E-state index contributed by atoms with van der Waals surface area (Å²) in [5, 5.41) is 15.1. The summed E-state index contributed by atoms with van der Waals surface area (Å²) >= 11 is 0. The minimum absolute atomic E-state index is 0.269. The van der Waals surface area contributed by atoms with E-state index in [1.807, 2.05) is 36.4 Å². The minimum atomic E-state index is -1.87. The van der Waals surface area contributed by atoms with Crippen LogP contribution in [0.2, 0.25) is 0 Å². The van der Waals surface area contributed by atoms with Gasteiger partial charge in [-0.2, -0.15) is 0 Å². The van der Waals surface area contributed by atoms with Crippen molar-refractivity contribution in [1.29, 1.82) is 0 Å². The molecule has 1 aliphatic heterocycles. The molecule has 0 spiro atoms. The Hall–Kier alpha value is -3.59. The Kier molecular flexibility index (Phi) is 7.55. The Morgan fingerprint density at radius 3 is 2.36 bits per heavy atom. The van der Waals surface area contributed by atoms with Gasteiger partial charge in [-0.15, -0.1) is 0 Å². The molecule has 3 N–H and O–H groups in total. The number of carbonyl (C=O) groups excluding carboxylic acids is 3. The number of likely N-dealkylation sites (N-methyl/N-ethyl adjacent to an activating group) is 1. The zero-order valence-electron chi connectivity index (χ0n) is 18.2. The molecule has 3 rings (SSSR count). The molecule has 7 nitrogen and oxygen atoms in total. The van der Waals surface area contributed by atoms with Crippen molar-refractivity contribution >= 4 is 23.3 Å². The third kappa shape index (κ3) is 6.01. The van der Waals surface area contributed by atoms with Gasteiger partial charge in [0.05, 0.1) is 0 Å². The number of carbonyl (C=O) groups is 3. The number of aliphatic hydroxyl groups is 1. The van der Waals surface area contributed by atoms with Crippen molar-refractivity contribution in [2.45, 2.75) is 31.5 Å². The summed E-state index contributed by atoms with van der Waals surface area (Å²) in [6, 6.07) is 9.79. The van der Waals surface area contributed by atoms with Crippen LogP contribution in [0.3, 0.4) is 0 Å². The van der Waals surface area contributed by atoms with Crippen molar-refractivity contribution in [1.82, 2.24) is 15.5 Å². The summed E-state index contributed by atoms with van der Waals surface area (Å²) in [6.07, 6.45) is 0.327. The molecule has 2 aromatic rings. The molecule has 9 heteroatoms. The molecular formula is C24H25F2N3O4. The number of halogens is 2. The van der Waals surface area contributed by atoms with Crippen molar-refractivity contribution < 1.29 is 28.3 Å². The van der Waals surface area contributed by atoms with E-state index < -0.39 is 41.6 Å². The first-order valence-corrected chi connectivity index (χ1v) is 10.4. The fourth-order valence-corrected chi connectivity index (χ4v) is 3.53. The van der Waals surface area contributed by atoms with Crippen LogP contribution in [-0.4, -0.2) is 53.4 Å². The molecule has 0 aromatic heterocycles. The zero-order valence-corrected chi connectivity index (χ0v) is 18.2. The van der Waals surface area contributed by atoms with Crippen LogP contribution in [0.15, 0.2) is 54.6 Å². The maximum atomic E-state index is 13.4. The number of rotatable bonds is 6. The van der Waals surface area contributed by atoms with Crippen LogP contribution in [0.5, 0.6) is 0 Å². The molecule has 174 valence electrons. The smallest absolute Gasteiger partial charge is 0.254 e. The summed E-state index contributed by atoms with van der Waals surface area (Å²) in [5.41, 5.74) is 1.56. The second-order valence-corrected chi connectivity index (χ2v) is 7.92. The van der Waals surface area contributed by atoms with E-state index in [1.54, 1.807) is 7.05 Å². The first-order valence-electron chi connectivity index (χ1n) is 10.4. The van der Waals surface area contributed by atoms with Crippen molar-refractivity contribution in [2.24, 2.45) is 0 Å². The van der Waals surface area contributed by atoms with Gasteiger partial charge in [-0.1, -0.05) is 36.4 Å². The van der Waals surface area contributed by atoms with E-state index >= 15 is 0 Å².